The molecule has 1 atom stereocenters. The molecule has 3 aromatic carbocycles. The Bertz CT molecular complexity index is 889. The molecule has 0 bridgehead atoms. The largest absolute Gasteiger partial charge is 0.257 e. The van der Waals surface area contributed by atoms with Gasteiger partial charge in [-0.25, -0.2) is 0 Å². The predicted molar refractivity (Wildman–Crippen MR) is 108 cm³/mol. The Kier molecular flexibility index (Phi) is 4.60. The van der Waals surface area contributed by atoms with E-state index in [-0.39, 0.29) is 6.04 Å². The number of hydrogen-bond acceptors (Lipinski definition) is 2. The molecule has 25 heavy (non-hydrogen) atoms. The van der Waals surface area contributed by atoms with Crippen LogP contribution < -0.4 is 5.01 Å². The lowest BCUT2D eigenvalue weighted by molar-refractivity contribution is 0.709. The van der Waals surface area contributed by atoms with E-state index in [2.05, 4.69) is 57.3 Å². The van der Waals surface area contributed by atoms with Crippen LogP contribution in [0, 0.1) is 0 Å². The van der Waals surface area contributed by atoms with Crippen LogP contribution in [-0.2, 0) is 0 Å². The molecular formula is C21H16BrClN2. The molecule has 0 aliphatic carbocycles. The van der Waals surface area contributed by atoms with E-state index in [4.69, 9.17) is 16.7 Å². The summed E-state index contributed by atoms with van der Waals surface area (Å²) in [6, 6.07) is 26.9. The number of halogens is 2. The zero-order valence-electron chi connectivity index (χ0n) is 13.4. The summed E-state index contributed by atoms with van der Waals surface area (Å²) in [5.74, 6) is 0. The minimum atomic E-state index is 0.182. The summed E-state index contributed by atoms with van der Waals surface area (Å²) in [4.78, 5) is 0. The molecule has 0 saturated carbocycles. The van der Waals surface area contributed by atoms with Gasteiger partial charge in [0.05, 0.1) is 17.4 Å². The molecule has 0 fully saturated rings. The Morgan fingerprint density at radius 2 is 1.56 bits per heavy atom. The molecule has 1 aliphatic heterocycles. The summed E-state index contributed by atoms with van der Waals surface area (Å²) >= 11 is 9.54. The van der Waals surface area contributed by atoms with Crippen molar-refractivity contribution in [3.8, 4) is 0 Å². The fourth-order valence-corrected chi connectivity index (χ4v) is 3.48. The van der Waals surface area contributed by atoms with Crippen LogP contribution in [0.15, 0.2) is 88.4 Å². The van der Waals surface area contributed by atoms with E-state index in [1.165, 1.54) is 5.56 Å². The molecular weight excluding hydrogens is 396 g/mol. The maximum absolute atomic E-state index is 6.03. The number of hydrogen-bond donors (Lipinski definition) is 0. The van der Waals surface area contributed by atoms with E-state index in [0.717, 1.165) is 32.9 Å². The summed E-state index contributed by atoms with van der Waals surface area (Å²) in [6.45, 7) is 0. The Labute approximate surface area is 160 Å². The molecule has 0 spiro atoms. The number of para-hydroxylation sites is 1. The van der Waals surface area contributed by atoms with Crippen molar-refractivity contribution >= 4 is 38.9 Å². The molecule has 3 aromatic rings. The number of anilines is 1. The standard InChI is InChI=1S/C21H16BrClN2/c22-17-10-6-16(7-11-17)21-14-20(15-8-12-18(23)13-9-15)24-25(21)19-4-2-1-3-5-19/h1-13,21H,14H2. The summed E-state index contributed by atoms with van der Waals surface area (Å²) in [5.41, 5.74) is 4.54. The number of benzene rings is 3. The van der Waals surface area contributed by atoms with Crippen molar-refractivity contribution in [1.29, 1.82) is 0 Å². The van der Waals surface area contributed by atoms with Crippen LogP contribution >= 0.6 is 27.5 Å². The first-order valence-corrected chi connectivity index (χ1v) is 9.31. The molecule has 4 heteroatoms. The first-order valence-electron chi connectivity index (χ1n) is 8.14. The monoisotopic (exact) mass is 410 g/mol. The first-order chi connectivity index (χ1) is 12.2. The molecule has 2 nitrogen and oxygen atoms in total. The molecule has 1 unspecified atom stereocenters. The molecule has 4 rings (SSSR count). The third kappa shape index (κ3) is 3.48. The Morgan fingerprint density at radius 1 is 0.880 bits per heavy atom. The normalized spacial score (nSPS) is 16.8. The molecule has 0 aromatic heterocycles. The van der Waals surface area contributed by atoms with Crippen molar-refractivity contribution in [2.45, 2.75) is 12.5 Å². The highest BCUT2D eigenvalue weighted by Gasteiger charge is 2.29. The van der Waals surface area contributed by atoms with Gasteiger partial charge in [0.15, 0.2) is 0 Å². The van der Waals surface area contributed by atoms with Crippen molar-refractivity contribution in [3.63, 3.8) is 0 Å². The fraction of sp³-hybridized carbons (Fsp3) is 0.0952. The quantitative estimate of drug-likeness (QED) is 0.483. The van der Waals surface area contributed by atoms with Crippen LogP contribution in [0.4, 0.5) is 5.69 Å². The lowest BCUT2D eigenvalue weighted by Crippen LogP contribution is -2.18. The van der Waals surface area contributed by atoms with Gasteiger partial charge in [-0.15, -0.1) is 0 Å². The van der Waals surface area contributed by atoms with Crippen molar-refractivity contribution < 1.29 is 0 Å². The van der Waals surface area contributed by atoms with Gasteiger partial charge in [-0.3, -0.25) is 5.01 Å². The van der Waals surface area contributed by atoms with Gasteiger partial charge in [0.25, 0.3) is 0 Å². The van der Waals surface area contributed by atoms with Gasteiger partial charge < -0.3 is 0 Å². The van der Waals surface area contributed by atoms with Gasteiger partial charge in [-0.2, -0.15) is 5.10 Å². The second kappa shape index (κ2) is 7.03. The molecule has 0 N–H and O–H groups in total. The molecule has 1 heterocycles. The van der Waals surface area contributed by atoms with Crippen molar-refractivity contribution in [2.24, 2.45) is 5.10 Å². The predicted octanol–water partition coefficient (Wildman–Crippen LogP) is 6.46. The molecule has 0 radical (unpaired) electrons. The molecule has 124 valence electrons. The highest BCUT2D eigenvalue weighted by molar-refractivity contribution is 9.10. The second-order valence-electron chi connectivity index (χ2n) is 6.01. The average molecular weight is 412 g/mol. The minimum Gasteiger partial charge on any atom is -0.257 e. The number of hydrazone groups is 1. The van der Waals surface area contributed by atoms with Crippen LogP contribution in [0.2, 0.25) is 5.02 Å². The third-order valence-electron chi connectivity index (χ3n) is 4.36. The average Bonchev–Trinajstić information content (AvgIpc) is 3.09. The van der Waals surface area contributed by atoms with E-state index in [1.54, 1.807) is 0 Å². The maximum atomic E-state index is 6.03. The van der Waals surface area contributed by atoms with E-state index < -0.39 is 0 Å². The van der Waals surface area contributed by atoms with E-state index in [1.807, 2.05) is 42.5 Å². The van der Waals surface area contributed by atoms with Crippen LogP contribution in [0.3, 0.4) is 0 Å². The summed E-state index contributed by atoms with van der Waals surface area (Å²) in [7, 11) is 0. The van der Waals surface area contributed by atoms with Gasteiger partial charge in [0, 0.05) is 15.9 Å². The zero-order valence-corrected chi connectivity index (χ0v) is 15.8. The molecule has 0 saturated heterocycles. The third-order valence-corrected chi connectivity index (χ3v) is 5.14. The SMILES string of the molecule is Clc1ccc(C2=NN(c3ccccc3)C(c3ccc(Br)cc3)C2)cc1. The fourth-order valence-electron chi connectivity index (χ4n) is 3.09. The van der Waals surface area contributed by atoms with Crippen molar-refractivity contribution in [2.75, 3.05) is 5.01 Å². The summed E-state index contributed by atoms with van der Waals surface area (Å²) in [6.07, 6.45) is 0.859. The Morgan fingerprint density at radius 3 is 2.24 bits per heavy atom. The Balaban J connectivity index is 1.73. The lowest BCUT2D eigenvalue weighted by Gasteiger charge is -2.24. The van der Waals surface area contributed by atoms with Crippen molar-refractivity contribution in [1.82, 2.24) is 0 Å². The number of rotatable bonds is 3. The van der Waals surface area contributed by atoms with Gasteiger partial charge in [-0.05, 0) is 47.5 Å². The first kappa shape index (κ1) is 16.4. The maximum Gasteiger partial charge on any atom is 0.0831 e. The highest BCUT2D eigenvalue weighted by atomic mass is 79.9. The van der Waals surface area contributed by atoms with Crippen LogP contribution in [0.1, 0.15) is 23.6 Å². The van der Waals surface area contributed by atoms with Crippen LogP contribution in [-0.4, -0.2) is 5.71 Å². The second-order valence-corrected chi connectivity index (χ2v) is 7.36. The van der Waals surface area contributed by atoms with Gasteiger partial charge >= 0.3 is 0 Å². The van der Waals surface area contributed by atoms with Gasteiger partial charge in [-0.1, -0.05) is 70.0 Å². The molecule has 0 amide bonds. The minimum absolute atomic E-state index is 0.182. The van der Waals surface area contributed by atoms with Gasteiger partial charge in [0.2, 0.25) is 0 Å². The topological polar surface area (TPSA) is 15.6 Å². The van der Waals surface area contributed by atoms with Crippen molar-refractivity contribution in [3.05, 3.63) is 99.5 Å². The summed E-state index contributed by atoms with van der Waals surface area (Å²) in [5, 5.41) is 7.79. The molecule has 1 aliphatic rings. The number of nitrogens with zero attached hydrogens (tertiary/aromatic N) is 2. The van der Waals surface area contributed by atoms with Gasteiger partial charge in [0.1, 0.15) is 0 Å². The summed E-state index contributed by atoms with van der Waals surface area (Å²) < 4.78 is 1.08. The van der Waals surface area contributed by atoms with E-state index in [9.17, 15) is 0 Å². The zero-order chi connectivity index (χ0) is 17.2. The van der Waals surface area contributed by atoms with Crippen LogP contribution in [0.25, 0.3) is 0 Å². The highest BCUT2D eigenvalue weighted by Crippen LogP contribution is 2.37. The lowest BCUT2D eigenvalue weighted by atomic mass is 9.98. The smallest absolute Gasteiger partial charge is 0.0831 e. The van der Waals surface area contributed by atoms with Crippen LogP contribution in [0.5, 0.6) is 0 Å². The van der Waals surface area contributed by atoms with E-state index >= 15 is 0 Å². The van der Waals surface area contributed by atoms with E-state index in [0.29, 0.717) is 0 Å². The Hall–Kier alpha value is -2.10.